The van der Waals surface area contributed by atoms with Crippen LogP contribution in [-0.4, -0.2) is 54.7 Å². The van der Waals surface area contributed by atoms with Crippen molar-refractivity contribution in [2.24, 2.45) is 0 Å². The number of nitrogens with zero attached hydrogens (tertiary/aromatic N) is 2. The Balaban J connectivity index is 1.56. The van der Waals surface area contributed by atoms with E-state index in [4.69, 9.17) is 16.3 Å². The fourth-order valence-corrected chi connectivity index (χ4v) is 3.24. The summed E-state index contributed by atoms with van der Waals surface area (Å²) in [4.78, 5) is 4.76. The minimum absolute atomic E-state index is 0.684. The third-order valence-corrected chi connectivity index (χ3v) is 5.29. The lowest BCUT2D eigenvalue weighted by Gasteiger charge is -2.34. The van der Waals surface area contributed by atoms with Gasteiger partial charge in [0.1, 0.15) is 11.5 Å². The molecular weight excluding hydrogens is 348 g/mol. The molecule has 1 unspecified atom stereocenters. The van der Waals surface area contributed by atoms with Crippen LogP contribution in [0.2, 0.25) is 5.02 Å². The first-order chi connectivity index (χ1) is 12.4. The Morgan fingerprint density at radius 3 is 2.08 bits per heavy atom. The largest absolute Gasteiger partial charge is 0.457 e. The standard InChI is InChI=1S/C21H27ClN2O2/c1-21(25,11-12-24-15-13-23(2)14-16-24)17-3-7-19(8-4-17)26-20-9-5-18(22)6-10-20/h3-10,25H,11-16H2,1-2H3. The third kappa shape index (κ3) is 5.21. The summed E-state index contributed by atoms with van der Waals surface area (Å²) in [6.07, 6.45) is 0.716. The maximum atomic E-state index is 10.9. The second kappa shape index (κ2) is 8.40. The Hall–Kier alpha value is -1.59. The van der Waals surface area contributed by atoms with Gasteiger partial charge in [-0.1, -0.05) is 23.7 Å². The number of ether oxygens (including phenoxy) is 1. The molecule has 1 fully saturated rings. The fraction of sp³-hybridized carbons (Fsp3) is 0.429. The fourth-order valence-electron chi connectivity index (χ4n) is 3.11. The van der Waals surface area contributed by atoms with Gasteiger partial charge in [-0.3, -0.25) is 0 Å². The van der Waals surface area contributed by atoms with Crippen molar-refractivity contribution in [3.63, 3.8) is 0 Å². The van der Waals surface area contributed by atoms with Crippen LogP contribution in [0, 0.1) is 0 Å². The zero-order valence-electron chi connectivity index (χ0n) is 15.5. The highest BCUT2D eigenvalue weighted by Crippen LogP contribution is 2.29. The molecule has 0 amide bonds. The Bertz CT molecular complexity index is 693. The first kappa shape index (κ1) is 19.2. The van der Waals surface area contributed by atoms with Crippen molar-refractivity contribution >= 4 is 11.6 Å². The van der Waals surface area contributed by atoms with E-state index < -0.39 is 5.60 Å². The molecule has 2 aromatic carbocycles. The number of aliphatic hydroxyl groups is 1. The summed E-state index contributed by atoms with van der Waals surface area (Å²) in [7, 11) is 2.15. The summed E-state index contributed by atoms with van der Waals surface area (Å²) in [5.74, 6) is 1.48. The first-order valence-electron chi connectivity index (χ1n) is 9.10. The molecule has 1 N–H and O–H groups in total. The van der Waals surface area contributed by atoms with Crippen LogP contribution in [-0.2, 0) is 5.60 Å². The van der Waals surface area contributed by atoms with E-state index in [0.29, 0.717) is 11.4 Å². The molecule has 1 heterocycles. The molecule has 2 aromatic rings. The molecule has 0 radical (unpaired) electrons. The second-order valence-corrected chi connectivity index (χ2v) is 7.69. The van der Waals surface area contributed by atoms with Gasteiger partial charge in [-0.2, -0.15) is 0 Å². The van der Waals surface area contributed by atoms with Crippen molar-refractivity contribution in [2.45, 2.75) is 18.9 Å². The maximum Gasteiger partial charge on any atom is 0.127 e. The minimum atomic E-state index is -0.845. The van der Waals surface area contributed by atoms with Gasteiger partial charge in [0.25, 0.3) is 0 Å². The lowest BCUT2D eigenvalue weighted by molar-refractivity contribution is 0.0300. The molecule has 3 rings (SSSR count). The topological polar surface area (TPSA) is 35.9 Å². The number of halogens is 1. The van der Waals surface area contributed by atoms with Crippen LogP contribution in [0.15, 0.2) is 48.5 Å². The molecule has 0 aromatic heterocycles. The van der Waals surface area contributed by atoms with E-state index >= 15 is 0 Å². The number of likely N-dealkylation sites (N-methyl/N-ethyl adjacent to an activating group) is 1. The van der Waals surface area contributed by atoms with Crippen molar-refractivity contribution in [1.29, 1.82) is 0 Å². The van der Waals surface area contributed by atoms with E-state index in [1.807, 2.05) is 43.3 Å². The second-order valence-electron chi connectivity index (χ2n) is 7.25. The van der Waals surface area contributed by atoms with Gasteiger partial charge in [-0.25, -0.2) is 0 Å². The van der Waals surface area contributed by atoms with Crippen LogP contribution < -0.4 is 4.74 Å². The van der Waals surface area contributed by atoms with Crippen molar-refractivity contribution in [3.8, 4) is 11.5 Å². The van der Waals surface area contributed by atoms with Gasteiger partial charge in [0.15, 0.2) is 0 Å². The van der Waals surface area contributed by atoms with Crippen molar-refractivity contribution in [3.05, 3.63) is 59.1 Å². The summed E-state index contributed by atoms with van der Waals surface area (Å²) in [6, 6.07) is 14.9. The van der Waals surface area contributed by atoms with E-state index in [1.165, 1.54) is 0 Å². The van der Waals surface area contributed by atoms with Crippen LogP contribution in [0.5, 0.6) is 11.5 Å². The average molecular weight is 375 g/mol. The van der Waals surface area contributed by atoms with E-state index in [0.717, 1.165) is 49.8 Å². The van der Waals surface area contributed by atoms with Crippen LogP contribution in [0.1, 0.15) is 18.9 Å². The Labute approximate surface area is 160 Å². The zero-order chi connectivity index (χ0) is 18.6. The number of hydrogen-bond donors (Lipinski definition) is 1. The monoisotopic (exact) mass is 374 g/mol. The molecule has 1 saturated heterocycles. The van der Waals surface area contributed by atoms with Crippen LogP contribution in [0.25, 0.3) is 0 Å². The molecule has 1 aliphatic heterocycles. The molecule has 0 saturated carbocycles. The molecule has 1 atom stereocenters. The summed E-state index contributed by atoms with van der Waals surface area (Å²) < 4.78 is 5.81. The van der Waals surface area contributed by atoms with Crippen LogP contribution >= 0.6 is 11.6 Å². The Morgan fingerprint density at radius 1 is 0.962 bits per heavy atom. The molecule has 26 heavy (non-hydrogen) atoms. The molecule has 0 bridgehead atoms. The zero-order valence-corrected chi connectivity index (χ0v) is 16.2. The molecule has 140 valence electrons. The molecule has 5 heteroatoms. The normalized spacial score (nSPS) is 18.5. The van der Waals surface area contributed by atoms with Gasteiger partial charge in [0.2, 0.25) is 0 Å². The quantitative estimate of drug-likeness (QED) is 0.829. The number of rotatable bonds is 6. The molecule has 1 aliphatic rings. The lowest BCUT2D eigenvalue weighted by Crippen LogP contribution is -2.45. The minimum Gasteiger partial charge on any atom is -0.457 e. The summed E-state index contributed by atoms with van der Waals surface area (Å²) in [6.45, 7) is 7.13. The van der Waals surface area contributed by atoms with Crippen LogP contribution in [0.3, 0.4) is 0 Å². The summed E-state index contributed by atoms with van der Waals surface area (Å²) >= 11 is 5.89. The highest BCUT2D eigenvalue weighted by atomic mass is 35.5. The van der Waals surface area contributed by atoms with Gasteiger partial charge in [0, 0.05) is 37.7 Å². The number of hydrogen-bond acceptors (Lipinski definition) is 4. The lowest BCUT2D eigenvalue weighted by atomic mass is 9.92. The molecule has 4 nitrogen and oxygen atoms in total. The summed E-state index contributed by atoms with van der Waals surface area (Å²) in [5, 5.41) is 11.6. The van der Waals surface area contributed by atoms with Crippen molar-refractivity contribution in [1.82, 2.24) is 9.80 Å². The van der Waals surface area contributed by atoms with Gasteiger partial charge in [0.05, 0.1) is 5.60 Å². The average Bonchev–Trinajstić information content (AvgIpc) is 2.64. The number of benzene rings is 2. The molecule has 0 aliphatic carbocycles. The van der Waals surface area contributed by atoms with Gasteiger partial charge in [-0.05, 0) is 62.4 Å². The Morgan fingerprint density at radius 2 is 1.50 bits per heavy atom. The SMILES string of the molecule is CN1CCN(CCC(C)(O)c2ccc(Oc3ccc(Cl)cc3)cc2)CC1. The van der Waals surface area contributed by atoms with E-state index in [-0.39, 0.29) is 0 Å². The summed E-state index contributed by atoms with van der Waals surface area (Å²) in [5.41, 5.74) is 0.0670. The smallest absolute Gasteiger partial charge is 0.127 e. The predicted octanol–water partition coefficient (Wildman–Crippen LogP) is 3.98. The third-order valence-electron chi connectivity index (χ3n) is 5.04. The maximum absolute atomic E-state index is 10.9. The highest BCUT2D eigenvalue weighted by molar-refractivity contribution is 6.30. The van der Waals surface area contributed by atoms with E-state index in [1.54, 1.807) is 12.1 Å². The Kier molecular flexibility index (Phi) is 6.20. The molecule has 0 spiro atoms. The van der Waals surface area contributed by atoms with Crippen LogP contribution in [0.4, 0.5) is 0 Å². The van der Waals surface area contributed by atoms with E-state index in [2.05, 4.69) is 16.8 Å². The predicted molar refractivity (Wildman–Crippen MR) is 106 cm³/mol. The number of piperazine rings is 1. The van der Waals surface area contributed by atoms with Crippen molar-refractivity contribution in [2.75, 3.05) is 39.8 Å². The first-order valence-corrected chi connectivity index (χ1v) is 9.47. The van der Waals surface area contributed by atoms with Gasteiger partial charge < -0.3 is 19.6 Å². The van der Waals surface area contributed by atoms with Crippen molar-refractivity contribution < 1.29 is 9.84 Å². The van der Waals surface area contributed by atoms with Gasteiger partial charge >= 0.3 is 0 Å². The van der Waals surface area contributed by atoms with E-state index in [9.17, 15) is 5.11 Å². The highest BCUT2D eigenvalue weighted by Gasteiger charge is 2.25. The molecular formula is C21H27ClN2O2. The van der Waals surface area contributed by atoms with Gasteiger partial charge in [-0.15, -0.1) is 0 Å².